The highest BCUT2D eigenvalue weighted by molar-refractivity contribution is 5.87. The second kappa shape index (κ2) is 19.0. The van der Waals surface area contributed by atoms with Crippen LogP contribution in [0.15, 0.2) is 48.8 Å². The van der Waals surface area contributed by atoms with Gasteiger partial charge in [-0.3, -0.25) is 9.59 Å². The number of nitrogens with one attached hydrogen (secondary N) is 4. The molecule has 0 spiro atoms. The zero-order valence-corrected chi connectivity index (χ0v) is 35.6. The summed E-state index contributed by atoms with van der Waals surface area (Å²) in [6, 6.07) is 10.3. The number of hydrogen-bond acceptors (Lipinski definition) is 8. The molecule has 14 heteroatoms. The lowest BCUT2D eigenvalue weighted by molar-refractivity contribution is -0.136. The van der Waals surface area contributed by atoms with E-state index in [0.717, 1.165) is 70.5 Å². The molecule has 4 heterocycles. The van der Waals surface area contributed by atoms with Crippen molar-refractivity contribution in [2.45, 2.75) is 91.4 Å². The second-order valence-corrected chi connectivity index (χ2v) is 15.7. The number of hydrogen-bond donors (Lipinski definition) is 4. The monoisotopic (exact) mass is 814 g/mol. The molecule has 2 fully saturated rings. The molecule has 2 aromatic carbocycles. The summed E-state index contributed by atoms with van der Waals surface area (Å²) in [7, 11) is 2.57. The molecule has 4 amide bonds. The van der Waals surface area contributed by atoms with E-state index in [-0.39, 0.29) is 35.7 Å². The van der Waals surface area contributed by atoms with Crippen molar-refractivity contribution in [3.63, 3.8) is 0 Å². The summed E-state index contributed by atoms with van der Waals surface area (Å²) in [5, 5.41) is 5.40. The Labute approximate surface area is 351 Å². The minimum atomic E-state index is -0.717. The fraction of sp³-hybridized carbons (Fsp3) is 0.435. The van der Waals surface area contributed by atoms with Gasteiger partial charge in [0.15, 0.2) is 0 Å². The maximum absolute atomic E-state index is 13.7. The SMILES string of the molecule is CC#Cc1cc(-c2cnc([C@@H]3CCCN3C(=O)C(NC(=O)OC)C(C)C)[nH]2)ccc1-c1ccc(-c2cnc([C@@H]3CCCN3C(=O)[C@@H](NC(=O)OC)C(C)C)[nH]2)cc1C#CC. The number of aromatic amines is 2. The van der Waals surface area contributed by atoms with Gasteiger partial charge in [-0.2, -0.15) is 0 Å². The zero-order valence-electron chi connectivity index (χ0n) is 35.6. The molecule has 0 saturated carbocycles. The molecule has 60 heavy (non-hydrogen) atoms. The van der Waals surface area contributed by atoms with Crippen LogP contribution in [0, 0.1) is 35.5 Å². The van der Waals surface area contributed by atoms with E-state index in [0.29, 0.717) is 24.7 Å². The smallest absolute Gasteiger partial charge is 0.407 e. The summed E-state index contributed by atoms with van der Waals surface area (Å²) in [5.41, 5.74) is 6.86. The average molecular weight is 815 g/mol. The van der Waals surface area contributed by atoms with Crippen molar-refractivity contribution in [3.05, 3.63) is 71.6 Å². The van der Waals surface area contributed by atoms with Gasteiger partial charge < -0.3 is 39.9 Å². The summed E-state index contributed by atoms with van der Waals surface area (Å²) in [4.78, 5) is 71.4. The van der Waals surface area contributed by atoms with Crippen LogP contribution >= 0.6 is 0 Å². The number of aromatic nitrogens is 4. The topological polar surface area (TPSA) is 175 Å². The van der Waals surface area contributed by atoms with E-state index in [4.69, 9.17) is 19.4 Å². The van der Waals surface area contributed by atoms with Crippen LogP contribution in [0.5, 0.6) is 0 Å². The van der Waals surface area contributed by atoms with Gasteiger partial charge in [0.1, 0.15) is 23.7 Å². The van der Waals surface area contributed by atoms with Crippen LogP contribution in [0.2, 0.25) is 0 Å². The third kappa shape index (κ3) is 9.18. The van der Waals surface area contributed by atoms with Gasteiger partial charge in [0.2, 0.25) is 11.8 Å². The molecule has 14 nitrogen and oxygen atoms in total. The third-order valence-corrected chi connectivity index (χ3v) is 11.1. The lowest BCUT2D eigenvalue weighted by atomic mass is 9.92. The third-order valence-electron chi connectivity index (χ3n) is 11.1. The number of likely N-dealkylation sites (tertiary alicyclic amines) is 2. The van der Waals surface area contributed by atoms with E-state index < -0.39 is 24.3 Å². The fourth-order valence-corrected chi connectivity index (χ4v) is 8.06. The van der Waals surface area contributed by atoms with E-state index in [2.05, 4.69) is 44.3 Å². The number of methoxy groups -OCH3 is 2. The highest BCUT2D eigenvalue weighted by Crippen LogP contribution is 2.37. The van der Waals surface area contributed by atoms with Crippen molar-refractivity contribution in [2.24, 2.45) is 11.8 Å². The van der Waals surface area contributed by atoms with Crippen molar-refractivity contribution >= 4 is 24.0 Å². The fourth-order valence-electron chi connectivity index (χ4n) is 8.06. The van der Waals surface area contributed by atoms with Gasteiger partial charge in [0.05, 0.1) is 50.1 Å². The van der Waals surface area contributed by atoms with Crippen LogP contribution in [0.3, 0.4) is 0 Å². The molecule has 6 rings (SSSR count). The second-order valence-electron chi connectivity index (χ2n) is 15.7. The van der Waals surface area contributed by atoms with Gasteiger partial charge in [0.25, 0.3) is 0 Å². The van der Waals surface area contributed by atoms with Crippen molar-refractivity contribution in [1.82, 2.24) is 40.4 Å². The molecule has 4 aromatic rings. The van der Waals surface area contributed by atoms with E-state index in [1.807, 2.05) is 64.1 Å². The Morgan fingerprint density at radius 2 is 1.08 bits per heavy atom. The first-order valence-corrected chi connectivity index (χ1v) is 20.4. The first-order valence-electron chi connectivity index (χ1n) is 20.4. The number of alkyl carbamates (subject to hydrolysis) is 2. The van der Waals surface area contributed by atoms with E-state index in [9.17, 15) is 19.2 Å². The summed E-state index contributed by atoms with van der Waals surface area (Å²) >= 11 is 0. The highest BCUT2D eigenvalue weighted by atomic mass is 16.5. The molecule has 4 atom stereocenters. The van der Waals surface area contributed by atoms with Crippen LogP contribution in [-0.2, 0) is 19.1 Å². The number of rotatable bonds is 11. The summed E-state index contributed by atoms with van der Waals surface area (Å²) < 4.78 is 9.56. The van der Waals surface area contributed by atoms with Crippen LogP contribution in [0.4, 0.5) is 9.59 Å². The van der Waals surface area contributed by atoms with Crippen molar-refractivity contribution in [3.8, 4) is 57.3 Å². The maximum atomic E-state index is 13.7. The number of benzene rings is 2. The zero-order chi connectivity index (χ0) is 43.1. The molecule has 0 aliphatic carbocycles. The lowest BCUT2D eigenvalue weighted by Gasteiger charge is -2.30. The maximum Gasteiger partial charge on any atom is 0.407 e. The average Bonchev–Trinajstić information content (AvgIpc) is 4.08. The molecular formula is C46H54N8O6. The van der Waals surface area contributed by atoms with Gasteiger partial charge in [-0.25, -0.2) is 19.6 Å². The Morgan fingerprint density at radius 3 is 1.43 bits per heavy atom. The lowest BCUT2D eigenvalue weighted by Crippen LogP contribution is -2.51. The molecule has 2 aromatic heterocycles. The molecule has 1 unspecified atom stereocenters. The van der Waals surface area contributed by atoms with Gasteiger partial charge in [-0.05, 0) is 74.6 Å². The molecule has 4 N–H and O–H groups in total. The molecule has 2 aliphatic heterocycles. The first-order chi connectivity index (χ1) is 28.9. The van der Waals surface area contributed by atoms with Gasteiger partial charge in [0, 0.05) is 35.3 Å². The van der Waals surface area contributed by atoms with E-state index >= 15 is 0 Å². The number of ether oxygens (including phenoxy) is 2. The Bertz CT molecular complexity index is 2190. The van der Waals surface area contributed by atoms with E-state index in [1.54, 1.807) is 36.0 Å². The van der Waals surface area contributed by atoms with Crippen LogP contribution in [0.1, 0.15) is 102 Å². The van der Waals surface area contributed by atoms with Crippen molar-refractivity contribution < 1.29 is 28.7 Å². The Morgan fingerprint density at radius 1 is 0.683 bits per heavy atom. The predicted molar refractivity (Wildman–Crippen MR) is 228 cm³/mol. The minimum absolute atomic E-state index is 0.130. The summed E-state index contributed by atoms with van der Waals surface area (Å²) in [5.74, 6) is 13.5. The Kier molecular flexibility index (Phi) is 13.6. The predicted octanol–water partition coefficient (Wildman–Crippen LogP) is 6.96. The normalized spacial score (nSPS) is 17.0. The molecule has 0 radical (unpaired) electrons. The molecule has 2 saturated heterocycles. The van der Waals surface area contributed by atoms with Gasteiger partial charge in [-0.1, -0.05) is 63.8 Å². The molecule has 0 bridgehead atoms. The number of nitrogens with zero attached hydrogens (tertiary/aromatic N) is 4. The number of carbonyl (C=O) groups excluding carboxylic acids is 4. The standard InChI is InChI=1S/C46H54N8O6/c1-9-13-29-23-31(35-25-47-41(49-35)37-15-11-21-53(37)43(55)39(27(3)4)51-45(57)59-7)17-19-33(29)34-20-18-32(24-30(34)14-10-2)36-26-48-42(50-36)38-16-12-22-54(38)44(56)40(28(5)6)52-46(58)60-8/h17-20,23-28,37-40H,11-12,15-16,21-22H2,1-8H3,(H,47,49)(H,48,50)(H,51,57)(H,52,58)/t37-,38-,39-,40?/m0/s1. The van der Waals surface area contributed by atoms with Crippen molar-refractivity contribution in [1.29, 1.82) is 0 Å². The first kappa shape index (κ1) is 43.0. The Balaban J connectivity index is 1.24. The highest BCUT2D eigenvalue weighted by Gasteiger charge is 2.39. The number of imidazole rings is 2. The van der Waals surface area contributed by atoms with Gasteiger partial charge >= 0.3 is 12.2 Å². The van der Waals surface area contributed by atoms with Gasteiger partial charge in [-0.15, -0.1) is 11.8 Å². The quantitative estimate of drug-likeness (QED) is 0.118. The minimum Gasteiger partial charge on any atom is -0.453 e. The summed E-state index contributed by atoms with van der Waals surface area (Å²) in [6.45, 7) is 12.3. The van der Waals surface area contributed by atoms with Crippen molar-refractivity contribution in [2.75, 3.05) is 27.3 Å². The number of amides is 4. The van der Waals surface area contributed by atoms with E-state index in [1.165, 1.54) is 14.2 Å². The Hall–Kier alpha value is -6.54. The van der Waals surface area contributed by atoms with Crippen LogP contribution < -0.4 is 10.6 Å². The molecule has 2 aliphatic rings. The number of carbonyl (C=O) groups is 4. The molecule has 314 valence electrons. The van der Waals surface area contributed by atoms with Crippen LogP contribution in [0.25, 0.3) is 33.6 Å². The number of H-pyrrole nitrogens is 2. The largest absolute Gasteiger partial charge is 0.453 e. The molecular weight excluding hydrogens is 761 g/mol. The summed E-state index contributed by atoms with van der Waals surface area (Å²) in [6.07, 6.45) is 5.42. The van der Waals surface area contributed by atoms with Crippen LogP contribution in [-0.4, -0.2) is 93.1 Å².